The summed E-state index contributed by atoms with van der Waals surface area (Å²) in [5.41, 5.74) is 6.62. The molecule has 8 heteroatoms. The van der Waals surface area contributed by atoms with Gasteiger partial charge in [-0.05, 0) is 18.6 Å². The van der Waals surface area contributed by atoms with Crippen molar-refractivity contribution in [2.24, 2.45) is 5.73 Å². The molecule has 3 N–H and O–H groups in total. The fraction of sp³-hybridized carbons (Fsp3) is 0.294. The third-order valence-electron chi connectivity index (χ3n) is 4.40. The van der Waals surface area contributed by atoms with E-state index in [9.17, 15) is 9.59 Å². The number of nitrogens with one attached hydrogen (secondary N) is 1. The zero-order valence-electron chi connectivity index (χ0n) is 13.6. The highest BCUT2D eigenvalue weighted by Crippen LogP contribution is 2.40. The fourth-order valence-electron chi connectivity index (χ4n) is 3.18. The number of nitrogens with two attached hydrogens (primary N) is 1. The molecule has 1 saturated heterocycles. The molecule has 0 spiro atoms. The van der Waals surface area contributed by atoms with Crippen molar-refractivity contribution in [2.75, 3.05) is 13.7 Å². The Hall–Kier alpha value is -2.74. The topological polar surface area (TPSA) is 95.1 Å². The average molecular weight is 359 g/mol. The molecule has 0 bridgehead atoms. The summed E-state index contributed by atoms with van der Waals surface area (Å²) < 4.78 is 13.3. The molecule has 1 aromatic carbocycles. The molecule has 0 radical (unpaired) electrons. The van der Waals surface area contributed by atoms with Gasteiger partial charge in [0.25, 0.3) is 5.91 Å². The Morgan fingerprint density at radius 2 is 2.32 bits per heavy atom. The standard InChI is InChI=1S/C17H17N3O4S/c1-23-13-7-10-12(6-11(13)16(18)22)20-4-5-25-17(20)15(10)24-8-9-2-3-14(21)19-9/h4-7,9H,2-3,8H2,1H3,(H2,18,22)(H,19,21). The molecule has 1 fully saturated rings. The molecule has 2 aromatic heterocycles. The molecular formula is C17H17N3O4S. The predicted molar refractivity (Wildman–Crippen MR) is 94.5 cm³/mol. The van der Waals surface area contributed by atoms with E-state index in [4.69, 9.17) is 15.2 Å². The van der Waals surface area contributed by atoms with Crippen molar-refractivity contribution in [3.8, 4) is 11.5 Å². The lowest BCUT2D eigenvalue weighted by Crippen LogP contribution is -2.30. The van der Waals surface area contributed by atoms with E-state index in [2.05, 4.69) is 5.32 Å². The molecule has 1 aliphatic rings. The molecule has 1 atom stereocenters. The number of amides is 2. The first-order valence-electron chi connectivity index (χ1n) is 7.89. The van der Waals surface area contributed by atoms with Gasteiger partial charge < -0.3 is 24.9 Å². The largest absolute Gasteiger partial charge is 0.496 e. The number of fused-ring (bicyclic) bond motifs is 3. The summed E-state index contributed by atoms with van der Waals surface area (Å²) in [5.74, 6) is 0.655. The number of thiazole rings is 1. The Kier molecular flexibility index (Phi) is 3.76. The lowest BCUT2D eigenvalue weighted by atomic mass is 10.1. The van der Waals surface area contributed by atoms with Crippen LogP contribution in [0, 0.1) is 0 Å². The van der Waals surface area contributed by atoms with Crippen LogP contribution in [0.1, 0.15) is 23.2 Å². The van der Waals surface area contributed by atoms with Crippen molar-refractivity contribution in [2.45, 2.75) is 18.9 Å². The minimum absolute atomic E-state index is 0.0178. The van der Waals surface area contributed by atoms with Gasteiger partial charge in [0.2, 0.25) is 5.91 Å². The summed E-state index contributed by atoms with van der Waals surface area (Å²) in [6.07, 6.45) is 3.23. The number of nitrogens with zero attached hydrogens (tertiary/aromatic N) is 1. The van der Waals surface area contributed by atoms with E-state index in [1.165, 1.54) is 7.11 Å². The van der Waals surface area contributed by atoms with Gasteiger partial charge in [0.15, 0.2) is 5.75 Å². The number of methoxy groups -OCH3 is 1. The summed E-state index contributed by atoms with van der Waals surface area (Å²) in [6, 6.07) is 3.52. The van der Waals surface area contributed by atoms with Gasteiger partial charge in [-0.15, -0.1) is 11.3 Å². The van der Waals surface area contributed by atoms with Crippen LogP contribution in [0.3, 0.4) is 0 Å². The molecule has 3 aromatic rings. The van der Waals surface area contributed by atoms with Crippen LogP contribution in [0.5, 0.6) is 11.5 Å². The second-order valence-corrected chi connectivity index (χ2v) is 6.85. The highest BCUT2D eigenvalue weighted by atomic mass is 32.1. The number of primary amides is 1. The second-order valence-electron chi connectivity index (χ2n) is 5.96. The van der Waals surface area contributed by atoms with Gasteiger partial charge in [0, 0.05) is 23.4 Å². The molecule has 3 heterocycles. The second kappa shape index (κ2) is 5.96. The van der Waals surface area contributed by atoms with Crippen molar-refractivity contribution < 1.29 is 19.1 Å². The van der Waals surface area contributed by atoms with Crippen LogP contribution in [0.4, 0.5) is 0 Å². The SMILES string of the molecule is COc1cc2c(OCC3CCC(=O)N3)c3sccn3c2cc1C(N)=O. The van der Waals surface area contributed by atoms with Crippen LogP contribution in [-0.2, 0) is 4.79 Å². The van der Waals surface area contributed by atoms with Crippen molar-refractivity contribution >= 4 is 38.9 Å². The summed E-state index contributed by atoms with van der Waals surface area (Å²) in [4.78, 5) is 24.0. The Bertz CT molecular complexity index is 991. The van der Waals surface area contributed by atoms with E-state index in [-0.39, 0.29) is 11.9 Å². The maximum atomic E-state index is 11.7. The molecule has 2 amide bonds. The smallest absolute Gasteiger partial charge is 0.252 e. The van der Waals surface area contributed by atoms with Crippen LogP contribution < -0.4 is 20.5 Å². The van der Waals surface area contributed by atoms with E-state index < -0.39 is 5.91 Å². The van der Waals surface area contributed by atoms with Gasteiger partial charge in [-0.2, -0.15) is 0 Å². The van der Waals surface area contributed by atoms with E-state index >= 15 is 0 Å². The van der Waals surface area contributed by atoms with Crippen molar-refractivity contribution in [1.29, 1.82) is 0 Å². The Labute approximate surface area is 147 Å². The number of hydrogen-bond acceptors (Lipinski definition) is 5. The molecule has 4 rings (SSSR count). The van der Waals surface area contributed by atoms with E-state index in [0.29, 0.717) is 24.3 Å². The molecule has 0 aliphatic carbocycles. The minimum Gasteiger partial charge on any atom is -0.496 e. The van der Waals surface area contributed by atoms with Crippen LogP contribution in [0.2, 0.25) is 0 Å². The van der Waals surface area contributed by atoms with Crippen LogP contribution in [-0.4, -0.2) is 36.0 Å². The van der Waals surface area contributed by atoms with Gasteiger partial charge in [0.05, 0.1) is 24.2 Å². The predicted octanol–water partition coefficient (Wildman–Crippen LogP) is 1.92. The highest BCUT2D eigenvalue weighted by molar-refractivity contribution is 7.16. The van der Waals surface area contributed by atoms with Gasteiger partial charge in [-0.25, -0.2) is 0 Å². The lowest BCUT2D eigenvalue weighted by Gasteiger charge is -2.12. The van der Waals surface area contributed by atoms with E-state index in [1.807, 2.05) is 16.0 Å². The number of aromatic nitrogens is 1. The Morgan fingerprint density at radius 3 is 3.00 bits per heavy atom. The monoisotopic (exact) mass is 359 g/mol. The third kappa shape index (κ3) is 2.58. The first-order chi connectivity index (χ1) is 12.1. The molecule has 7 nitrogen and oxygen atoms in total. The Morgan fingerprint density at radius 1 is 1.48 bits per heavy atom. The summed E-state index contributed by atoms with van der Waals surface area (Å²) in [5, 5.41) is 5.70. The molecular weight excluding hydrogens is 342 g/mol. The number of ether oxygens (including phenoxy) is 2. The Balaban J connectivity index is 1.79. The van der Waals surface area contributed by atoms with Gasteiger partial charge in [0.1, 0.15) is 17.2 Å². The minimum atomic E-state index is -0.542. The molecule has 1 unspecified atom stereocenters. The normalized spacial score (nSPS) is 17.2. The van der Waals surface area contributed by atoms with Crippen molar-refractivity contribution in [3.05, 3.63) is 29.3 Å². The van der Waals surface area contributed by atoms with Crippen LogP contribution in [0.25, 0.3) is 15.7 Å². The quantitative estimate of drug-likeness (QED) is 0.727. The van der Waals surface area contributed by atoms with E-state index in [0.717, 1.165) is 27.9 Å². The summed E-state index contributed by atoms with van der Waals surface area (Å²) >= 11 is 1.54. The summed E-state index contributed by atoms with van der Waals surface area (Å²) in [7, 11) is 1.50. The summed E-state index contributed by atoms with van der Waals surface area (Å²) in [6.45, 7) is 0.401. The number of rotatable bonds is 5. The van der Waals surface area contributed by atoms with Crippen LogP contribution in [0.15, 0.2) is 23.7 Å². The molecule has 130 valence electrons. The van der Waals surface area contributed by atoms with E-state index in [1.54, 1.807) is 23.5 Å². The van der Waals surface area contributed by atoms with Gasteiger partial charge >= 0.3 is 0 Å². The molecule has 0 saturated carbocycles. The highest BCUT2D eigenvalue weighted by Gasteiger charge is 2.24. The zero-order valence-corrected chi connectivity index (χ0v) is 14.4. The number of benzene rings is 1. The van der Waals surface area contributed by atoms with Crippen molar-refractivity contribution in [3.63, 3.8) is 0 Å². The van der Waals surface area contributed by atoms with Gasteiger partial charge in [-0.3, -0.25) is 9.59 Å². The maximum Gasteiger partial charge on any atom is 0.252 e. The van der Waals surface area contributed by atoms with Crippen molar-refractivity contribution in [1.82, 2.24) is 9.72 Å². The molecule has 1 aliphatic heterocycles. The molecule has 25 heavy (non-hydrogen) atoms. The number of carbonyl (C=O) groups excluding carboxylic acids is 2. The fourth-order valence-corrected chi connectivity index (χ4v) is 4.04. The first-order valence-corrected chi connectivity index (χ1v) is 8.77. The lowest BCUT2D eigenvalue weighted by molar-refractivity contribution is -0.119. The van der Waals surface area contributed by atoms with Gasteiger partial charge in [-0.1, -0.05) is 0 Å². The zero-order chi connectivity index (χ0) is 17.6. The maximum absolute atomic E-state index is 11.7. The average Bonchev–Trinajstić information content (AvgIpc) is 3.28. The number of hydrogen-bond donors (Lipinski definition) is 2. The number of carbonyl (C=O) groups is 2. The van der Waals surface area contributed by atoms with Crippen LogP contribution >= 0.6 is 11.3 Å². The third-order valence-corrected chi connectivity index (χ3v) is 5.27. The first kappa shape index (κ1) is 15.8.